The fourth-order valence-corrected chi connectivity index (χ4v) is 3.03. The summed E-state index contributed by atoms with van der Waals surface area (Å²) in [6, 6.07) is 13.8. The third kappa shape index (κ3) is 3.98. The number of carbonyl (C=O) groups excluding carboxylic acids is 1. The Bertz CT molecular complexity index is 968. The summed E-state index contributed by atoms with van der Waals surface area (Å²) in [6.45, 7) is 1.62. The van der Waals surface area contributed by atoms with Gasteiger partial charge in [0.15, 0.2) is 11.5 Å². The maximum atomic E-state index is 12.2. The van der Waals surface area contributed by atoms with E-state index in [2.05, 4.69) is 10.3 Å². The number of aromatic nitrogens is 1. The van der Waals surface area contributed by atoms with Crippen LogP contribution >= 0.6 is 11.6 Å². The molecule has 0 aliphatic heterocycles. The molecule has 6 heteroatoms. The van der Waals surface area contributed by atoms with Crippen LogP contribution in [-0.4, -0.2) is 30.5 Å². The van der Waals surface area contributed by atoms with Crippen molar-refractivity contribution in [2.45, 2.75) is 18.7 Å². The standard InChI is InChI=1S/C21H21ClN2O3/c1-13(22)21(25)24-19-15(8-9-18(26-2)20(19)27-3)12-17-16-7-5-4-6-14(16)10-11-23-17/h4-11,13H,12H2,1-3H3,(H,24,25). The van der Waals surface area contributed by atoms with E-state index in [9.17, 15) is 4.79 Å². The van der Waals surface area contributed by atoms with Crippen molar-refractivity contribution < 1.29 is 14.3 Å². The summed E-state index contributed by atoms with van der Waals surface area (Å²) in [4.78, 5) is 16.8. The van der Waals surface area contributed by atoms with Crippen LogP contribution in [0.25, 0.3) is 10.8 Å². The van der Waals surface area contributed by atoms with E-state index in [0.29, 0.717) is 23.6 Å². The van der Waals surface area contributed by atoms with Crippen LogP contribution < -0.4 is 14.8 Å². The first-order valence-electron chi connectivity index (χ1n) is 8.56. The minimum absolute atomic E-state index is 0.310. The summed E-state index contributed by atoms with van der Waals surface area (Å²) in [5, 5.41) is 4.37. The number of rotatable bonds is 6. The molecular formula is C21H21ClN2O3. The first-order chi connectivity index (χ1) is 13.0. The molecule has 3 rings (SSSR count). The van der Waals surface area contributed by atoms with E-state index >= 15 is 0 Å². The van der Waals surface area contributed by atoms with Crippen molar-refractivity contribution in [3.05, 3.63) is 59.9 Å². The van der Waals surface area contributed by atoms with Gasteiger partial charge in [-0.25, -0.2) is 0 Å². The molecule has 0 aliphatic rings. The summed E-state index contributed by atoms with van der Waals surface area (Å²) in [6.07, 6.45) is 2.31. The third-order valence-corrected chi connectivity index (χ3v) is 4.55. The summed E-state index contributed by atoms with van der Waals surface area (Å²) >= 11 is 5.94. The second kappa shape index (κ2) is 8.27. The van der Waals surface area contributed by atoms with Gasteiger partial charge in [-0.05, 0) is 30.0 Å². The van der Waals surface area contributed by atoms with E-state index < -0.39 is 5.38 Å². The van der Waals surface area contributed by atoms with Gasteiger partial charge in [-0.3, -0.25) is 9.78 Å². The molecule has 2 aromatic carbocycles. The highest BCUT2D eigenvalue weighted by molar-refractivity contribution is 6.32. The predicted octanol–water partition coefficient (Wildman–Crippen LogP) is 4.41. The Labute approximate surface area is 163 Å². The van der Waals surface area contributed by atoms with Gasteiger partial charge in [0.2, 0.25) is 5.91 Å². The summed E-state index contributed by atoms with van der Waals surface area (Å²) < 4.78 is 10.9. The maximum absolute atomic E-state index is 12.2. The van der Waals surface area contributed by atoms with Crippen molar-refractivity contribution in [1.29, 1.82) is 0 Å². The summed E-state index contributed by atoms with van der Waals surface area (Å²) in [5.41, 5.74) is 2.32. The fourth-order valence-electron chi connectivity index (χ4n) is 2.98. The van der Waals surface area contributed by atoms with Crippen molar-refractivity contribution in [1.82, 2.24) is 4.98 Å². The number of pyridine rings is 1. The molecule has 0 radical (unpaired) electrons. The molecule has 27 heavy (non-hydrogen) atoms. The first-order valence-corrected chi connectivity index (χ1v) is 9.00. The fraction of sp³-hybridized carbons (Fsp3) is 0.238. The van der Waals surface area contributed by atoms with Gasteiger partial charge in [0.25, 0.3) is 0 Å². The number of nitrogens with one attached hydrogen (secondary N) is 1. The normalized spacial score (nSPS) is 11.9. The Hall–Kier alpha value is -2.79. The van der Waals surface area contributed by atoms with Gasteiger partial charge in [0, 0.05) is 18.0 Å². The Morgan fingerprint density at radius 1 is 1.15 bits per heavy atom. The van der Waals surface area contributed by atoms with E-state index in [0.717, 1.165) is 22.0 Å². The average molecular weight is 385 g/mol. The molecule has 1 amide bonds. The highest BCUT2D eigenvalue weighted by atomic mass is 35.5. The Morgan fingerprint density at radius 3 is 2.63 bits per heavy atom. The van der Waals surface area contributed by atoms with Gasteiger partial charge in [-0.1, -0.05) is 30.3 Å². The van der Waals surface area contributed by atoms with Crippen LogP contribution in [0.1, 0.15) is 18.2 Å². The molecule has 5 nitrogen and oxygen atoms in total. The maximum Gasteiger partial charge on any atom is 0.242 e. The van der Waals surface area contributed by atoms with Crippen LogP contribution in [0.5, 0.6) is 11.5 Å². The molecule has 0 saturated carbocycles. The number of hydrogen-bond acceptors (Lipinski definition) is 4. The second-order valence-electron chi connectivity index (χ2n) is 6.10. The van der Waals surface area contributed by atoms with E-state index in [1.807, 2.05) is 42.5 Å². The average Bonchev–Trinajstić information content (AvgIpc) is 2.69. The quantitative estimate of drug-likeness (QED) is 0.639. The summed E-state index contributed by atoms with van der Waals surface area (Å²) in [7, 11) is 3.09. The number of hydrogen-bond donors (Lipinski definition) is 1. The number of anilines is 1. The van der Waals surface area contributed by atoms with Crippen LogP contribution in [0.2, 0.25) is 0 Å². The lowest BCUT2D eigenvalue weighted by molar-refractivity contribution is -0.115. The number of fused-ring (bicyclic) bond motifs is 1. The van der Waals surface area contributed by atoms with Crippen molar-refractivity contribution in [3.8, 4) is 11.5 Å². The molecular weight excluding hydrogens is 364 g/mol. The van der Waals surface area contributed by atoms with Crippen molar-refractivity contribution in [2.24, 2.45) is 0 Å². The van der Waals surface area contributed by atoms with Crippen LogP contribution in [0, 0.1) is 0 Å². The number of halogens is 1. The van der Waals surface area contributed by atoms with Gasteiger partial charge in [-0.15, -0.1) is 11.6 Å². The van der Waals surface area contributed by atoms with E-state index in [1.54, 1.807) is 20.2 Å². The smallest absolute Gasteiger partial charge is 0.242 e. The van der Waals surface area contributed by atoms with Gasteiger partial charge in [-0.2, -0.15) is 0 Å². The SMILES string of the molecule is COc1ccc(Cc2nccc3ccccc23)c(NC(=O)C(C)Cl)c1OC. The Kier molecular flexibility index (Phi) is 5.81. The van der Waals surface area contributed by atoms with Crippen LogP contribution in [0.15, 0.2) is 48.7 Å². The predicted molar refractivity (Wildman–Crippen MR) is 108 cm³/mol. The molecule has 140 valence electrons. The highest BCUT2D eigenvalue weighted by Gasteiger charge is 2.20. The molecule has 0 bridgehead atoms. The molecule has 1 unspecified atom stereocenters. The molecule has 0 fully saturated rings. The zero-order valence-corrected chi connectivity index (χ0v) is 16.2. The van der Waals surface area contributed by atoms with Crippen molar-refractivity contribution in [2.75, 3.05) is 19.5 Å². The molecule has 1 heterocycles. The van der Waals surface area contributed by atoms with E-state index in [1.165, 1.54) is 7.11 Å². The molecule has 0 spiro atoms. The number of nitrogens with zero attached hydrogens (tertiary/aromatic N) is 1. The lowest BCUT2D eigenvalue weighted by atomic mass is 10.0. The number of alkyl halides is 1. The number of benzene rings is 2. The topological polar surface area (TPSA) is 60.5 Å². The molecule has 3 aromatic rings. The number of carbonyl (C=O) groups is 1. The zero-order valence-electron chi connectivity index (χ0n) is 15.5. The lowest BCUT2D eigenvalue weighted by Crippen LogP contribution is -2.22. The molecule has 0 aliphatic carbocycles. The first kappa shape index (κ1) is 19.0. The van der Waals surface area contributed by atoms with E-state index in [4.69, 9.17) is 21.1 Å². The number of amides is 1. The van der Waals surface area contributed by atoms with Gasteiger partial charge >= 0.3 is 0 Å². The highest BCUT2D eigenvalue weighted by Crippen LogP contribution is 2.39. The Balaban J connectivity index is 2.09. The van der Waals surface area contributed by atoms with Crippen LogP contribution in [-0.2, 0) is 11.2 Å². The molecule has 1 N–H and O–H groups in total. The zero-order chi connectivity index (χ0) is 19.4. The number of ether oxygens (including phenoxy) is 2. The Morgan fingerprint density at radius 2 is 1.93 bits per heavy atom. The minimum Gasteiger partial charge on any atom is -0.493 e. The van der Waals surface area contributed by atoms with Gasteiger partial charge < -0.3 is 14.8 Å². The minimum atomic E-state index is -0.676. The van der Waals surface area contributed by atoms with Crippen molar-refractivity contribution in [3.63, 3.8) is 0 Å². The summed E-state index contributed by atoms with van der Waals surface area (Å²) in [5.74, 6) is 0.681. The van der Waals surface area contributed by atoms with Gasteiger partial charge in [0.05, 0.1) is 25.6 Å². The van der Waals surface area contributed by atoms with Crippen LogP contribution in [0.4, 0.5) is 5.69 Å². The molecule has 1 atom stereocenters. The third-order valence-electron chi connectivity index (χ3n) is 4.36. The number of methoxy groups -OCH3 is 2. The molecule has 1 aromatic heterocycles. The van der Waals surface area contributed by atoms with Crippen molar-refractivity contribution >= 4 is 34.0 Å². The second-order valence-corrected chi connectivity index (χ2v) is 6.75. The largest absolute Gasteiger partial charge is 0.493 e. The monoisotopic (exact) mass is 384 g/mol. The molecule has 0 saturated heterocycles. The van der Waals surface area contributed by atoms with Crippen LogP contribution in [0.3, 0.4) is 0 Å². The van der Waals surface area contributed by atoms with E-state index in [-0.39, 0.29) is 5.91 Å². The van der Waals surface area contributed by atoms with Gasteiger partial charge in [0.1, 0.15) is 5.38 Å². The lowest BCUT2D eigenvalue weighted by Gasteiger charge is -2.18.